The van der Waals surface area contributed by atoms with Gasteiger partial charge in [-0.2, -0.15) is 5.26 Å². The molecule has 0 bridgehead atoms. The van der Waals surface area contributed by atoms with Crippen LogP contribution in [0, 0.1) is 11.3 Å². The molecule has 0 aliphatic carbocycles. The molecule has 0 radical (unpaired) electrons. The van der Waals surface area contributed by atoms with Crippen molar-refractivity contribution in [3.8, 4) is 6.07 Å². The number of carbonyl (C=O) groups excluding carboxylic acids is 1. The molecule has 1 aliphatic rings. The molecule has 2 N–H and O–H groups in total. The topological polar surface area (TPSA) is 124 Å². The normalized spacial score (nSPS) is 14.4. The molecule has 1 unspecified atom stereocenters. The van der Waals surface area contributed by atoms with Crippen LogP contribution in [0.1, 0.15) is 23.6 Å². The van der Waals surface area contributed by atoms with Gasteiger partial charge in [-0.1, -0.05) is 36.4 Å². The van der Waals surface area contributed by atoms with Crippen LogP contribution in [0.5, 0.6) is 0 Å². The van der Waals surface area contributed by atoms with E-state index in [1.165, 1.54) is 12.1 Å². The summed E-state index contributed by atoms with van der Waals surface area (Å²) in [6.45, 7) is 4.16. The molecule has 0 saturated heterocycles. The summed E-state index contributed by atoms with van der Waals surface area (Å²) in [5, 5.41) is 14.7. The van der Waals surface area contributed by atoms with Crippen molar-refractivity contribution >= 4 is 21.6 Å². The lowest BCUT2D eigenvalue weighted by molar-refractivity contribution is -0.131. The van der Waals surface area contributed by atoms with Crippen molar-refractivity contribution in [1.29, 1.82) is 5.26 Å². The Morgan fingerprint density at radius 2 is 1.97 bits per heavy atom. The average Bonchev–Trinajstić information content (AvgIpc) is 3.28. The van der Waals surface area contributed by atoms with Gasteiger partial charge in [0.25, 0.3) is 0 Å². The third-order valence-corrected chi connectivity index (χ3v) is 7.00. The third kappa shape index (κ3) is 6.63. The zero-order chi connectivity index (χ0) is 24.6. The largest absolute Gasteiger partial charge is 0.367 e. The van der Waals surface area contributed by atoms with E-state index in [9.17, 15) is 13.2 Å². The fourth-order valence-corrected chi connectivity index (χ4v) is 4.75. The number of hydrogen-bond acceptors (Lipinski definition) is 8. The van der Waals surface area contributed by atoms with Crippen LogP contribution in [-0.4, -0.2) is 70.3 Å². The van der Waals surface area contributed by atoms with E-state index in [1.807, 2.05) is 37.4 Å². The molecule has 34 heavy (non-hydrogen) atoms. The highest BCUT2D eigenvalue weighted by Crippen LogP contribution is 2.15. The Labute approximate surface area is 200 Å². The summed E-state index contributed by atoms with van der Waals surface area (Å²) in [6, 6.07) is 15.9. The first-order valence-electron chi connectivity index (χ1n) is 11.0. The minimum atomic E-state index is -3.65. The van der Waals surface area contributed by atoms with E-state index in [1.54, 1.807) is 19.1 Å². The summed E-state index contributed by atoms with van der Waals surface area (Å²) in [6.07, 6.45) is -0.682. The Balaban J connectivity index is 1.37. The van der Waals surface area contributed by atoms with Crippen molar-refractivity contribution < 1.29 is 17.9 Å². The first-order valence-corrected chi connectivity index (χ1v) is 12.6. The summed E-state index contributed by atoms with van der Waals surface area (Å²) in [7, 11) is -1.63. The van der Waals surface area contributed by atoms with Crippen LogP contribution in [0.3, 0.4) is 0 Å². The average molecular weight is 484 g/mol. The Morgan fingerprint density at radius 1 is 1.24 bits per heavy atom. The Kier molecular flexibility index (Phi) is 8.76. The highest BCUT2D eigenvalue weighted by Gasteiger charge is 2.18. The number of nitrogens with one attached hydrogen (secondary N) is 2. The molecule has 2 aromatic rings. The van der Waals surface area contributed by atoms with Gasteiger partial charge in [0.2, 0.25) is 5.91 Å². The molecule has 1 amide bonds. The van der Waals surface area contributed by atoms with Crippen LogP contribution in [-0.2, 0) is 25.9 Å². The van der Waals surface area contributed by atoms with Crippen molar-refractivity contribution in [2.45, 2.75) is 24.5 Å². The van der Waals surface area contributed by atoms with Crippen LogP contribution in [0.2, 0.25) is 0 Å². The maximum atomic E-state index is 12.4. The summed E-state index contributed by atoms with van der Waals surface area (Å²) in [4.78, 5) is 18.9. The standard InChI is InChI=1S/C24H29N5O4S/c1-18(33-14-12-26-17-34(31,32)22-6-4-3-5-21(22)15-25)24(30)28-16-19-7-9-20(10-8-19)23-27-11-13-29(23)2/h3-10,18,26H,11-14,16-17H2,1-2H3,(H,28,30). The number of aliphatic imine (C=N–C) groups is 1. The number of sulfone groups is 1. The van der Waals surface area contributed by atoms with E-state index in [0.29, 0.717) is 6.54 Å². The number of amidine groups is 1. The number of benzene rings is 2. The Morgan fingerprint density at radius 3 is 2.65 bits per heavy atom. The molecule has 3 rings (SSSR count). The highest BCUT2D eigenvalue weighted by atomic mass is 32.2. The fourth-order valence-electron chi connectivity index (χ4n) is 3.45. The molecule has 1 aliphatic heterocycles. The number of amides is 1. The van der Waals surface area contributed by atoms with Gasteiger partial charge in [0.05, 0.1) is 23.6 Å². The van der Waals surface area contributed by atoms with Crippen LogP contribution < -0.4 is 10.6 Å². The predicted octanol–water partition coefficient (Wildman–Crippen LogP) is 1.29. The van der Waals surface area contributed by atoms with Gasteiger partial charge in [-0.3, -0.25) is 9.79 Å². The van der Waals surface area contributed by atoms with Gasteiger partial charge in [-0.15, -0.1) is 0 Å². The van der Waals surface area contributed by atoms with E-state index >= 15 is 0 Å². The lowest BCUT2D eigenvalue weighted by atomic mass is 10.1. The molecule has 1 atom stereocenters. The second-order valence-electron chi connectivity index (χ2n) is 7.92. The van der Waals surface area contributed by atoms with Crippen LogP contribution in [0.4, 0.5) is 0 Å². The SMILES string of the molecule is CC(OCCNCS(=O)(=O)c1ccccc1C#N)C(=O)NCc1ccc(C2=NCCN2C)cc1. The second-order valence-corrected chi connectivity index (χ2v) is 9.88. The van der Waals surface area contributed by atoms with Gasteiger partial charge in [-0.25, -0.2) is 8.42 Å². The minimum absolute atomic E-state index is 0.00468. The molecule has 0 spiro atoms. The summed E-state index contributed by atoms with van der Waals surface area (Å²) >= 11 is 0. The summed E-state index contributed by atoms with van der Waals surface area (Å²) in [5.41, 5.74) is 2.13. The van der Waals surface area contributed by atoms with Crippen LogP contribution >= 0.6 is 0 Å². The molecule has 9 nitrogen and oxygen atoms in total. The fraction of sp³-hybridized carbons (Fsp3) is 0.375. The number of ether oxygens (including phenoxy) is 1. The number of rotatable bonds is 11. The van der Waals surface area contributed by atoms with Gasteiger partial charge >= 0.3 is 0 Å². The van der Waals surface area contributed by atoms with Gasteiger partial charge in [0, 0.05) is 32.2 Å². The van der Waals surface area contributed by atoms with E-state index in [2.05, 4.69) is 20.5 Å². The van der Waals surface area contributed by atoms with Gasteiger partial charge < -0.3 is 20.3 Å². The van der Waals surface area contributed by atoms with Crippen molar-refractivity contribution in [3.63, 3.8) is 0 Å². The van der Waals surface area contributed by atoms with Crippen LogP contribution in [0.25, 0.3) is 0 Å². The summed E-state index contributed by atoms with van der Waals surface area (Å²) < 4.78 is 30.4. The monoisotopic (exact) mass is 483 g/mol. The number of carbonyl (C=O) groups is 1. The maximum Gasteiger partial charge on any atom is 0.249 e. The first-order chi connectivity index (χ1) is 16.3. The number of nitriles is 1. The van der Waals surface area contributed by atoms with Gasteiger partial charge in [0.1, 0.15) is 23.9 Å². The maximum absolute atomic E-state index is 12.4. The highest BCUT2D eigenvalue weighted by molar-refractivity contribution is 7.91. The molecule has 0 aromatic heterocycles. The quantitative estimate of drug-likeness (QED) is 0.462. The minimum Gasteiger partial charge on any atom is -0.367 e. The van der Waals surface area contributed by atoms with E-state index in [-0.39, 0.29) is 35.4 Å². The lowest BCUT2D eigenvalue weighted by Crippen LogP contribution is -2.36. The molecule has 2 aromatic carbocycles. The molecule has 180 valence electrons. The smallest absolute Gasteiger partial charge is 0.249 e. The third-order valence-electron chi connectivity index (χ3n) is 5.39. The van der Waals surface area contributed by atoms with E-state index in [4.69, 9.17) is 10.00 Å². The number of hydrogen-bond donors (Lipinski definition) is 2. The Hall–Kier alpha value is -3.26. The molecular formula is C24H29N5O4S. The molecule has 0 fully saturated rings. The lowest BCUT2D eigenvalue weighted by Gasteiger charge is -2.15. The van der Waals surface area contributed by atoms with E-state index < -0.39 is 15.9 Å². The Bertz CT molecular complexity index is 1170. The van der Waals surface area contributed by atoms with E-state index in [0.717, 1.165) is 30.1 Å². The zero-order valence-electron chi connectivity index (χ0n) is 19.3. The molecule has 0 saturated carbocycles. The van der Waals surface area contributed by atoms with Gasteiger partial charge in [-0.05, 0) is 24.6 Å². The molecule has 10 heteroatoms. The second kappa shape index (κ2) is 11.7. The first kappa shape index (κ1) is 25.4. The predicted molar refractivity (Wildman–Crippen MR) is 129 cm³/mol. The number of likely N-dealkylation sites (N-methyl/N-ethyl adjacent to an activating group) is 1. The number of nitrogens with zero attached hydrogens (tertiary/aromatic N) is 3. The van der Waals surface area contributed by atoms with Crippen molar-refractivity contribution in [3.05, 3.63) is 65.2 Å². The molecule has 1 heterocycles. The van der Waals surface area contributed by atoms with Crippen LogP contribution in [0.15, 0.2) is 58.4 Å². The summed E-state index contributed by atoms with van der Waals surface area (Å²) in [5.74, 6) is 0.404. The van der Waals surface area contributed by atoms with Crippen molar-refractivity contribution in [2.24, 2.45) is 4.99 Å². The van der Waals surface area contributed by atoms with Gasteiger partial charge in [0.15, 0.2) is 9.84 Å². The van der Waals surface area contributed by atoms with Crippen molar-refractivity contribution in [2.75, 3.05) is 39.2 Å². The molecular weight excluding hydrogens is 454 g/mol. The van der Waals surface area contributed by atoms with Crippen molar-refractivity contribution in [1.82, 2.24) is 15.5 Å². The zero-order valence-corrected chi connectivity index (χ0v) is 20.1.